The second kappa shape index (κ2) is 3.19. The van der Waals surface area contributed by atoms with Gasteiger partial charge in [-0.05, 0) is 25.2 Å². The Bertz CT molecular complexity index is 256. The van der Waals surface area contributed by atoms with E-state index in [1.807, 2.05) is 6.92 Å². The monoisotopic (exact) mass is 211 g/mol. The zero-order valence-electron chi connectivity index (χ0n) is 9.54. The van der Waals surface area contributed by atoms with Crippen molar-refractivity contribution in [1.29, 1.82) is 0 Å². The number of likely N-dealkylation sites (tertiary alicyclic amines) is 1. The van der Waals surface area contributed by atoms with E-state index < -0.39 is 5.60 Å². The second-order valence-corrected chi connectivity index (χ2v) is 5.87. The van der Waals surface area contributed by atoms with Crippen LogP contribution in [-0.2, 0) is 4.74 Å². The average Bonchev–Trinajstić information content (AvgIpc) is 2.36. The third-order valence-electron chi connectivity index (χ3n) is 4.69. The van der Waals surface area contributed by atoms with Gasteiger partial charge >= 0.3 is 0 Å². The Balaban J connectivity index is 1.54. The van der Waals surface area contributed by atoms with Crippen molar-refractivity contribution >= 4 is 0 Å². The molecule has 3 aliphatic rings. The topological polar surface area (TPSA) is 32.7 Å². The van der Waals surface area contributed by atoms with Crippen molar-refractivity contribution < 1.29 is 9.84 Å². The van der Waals surface area contributed by atoms with Gasteiger partial charge in [0, 0.05) is 32.7 Å². The summed E-state index contributed by atoms with van der Waals surface area (Å²) in [6, 6.07) is 0. The van der Waals surface area contributed by atoms with E-state index in [0.717, 1.165) is 19.6 Å². The lowest BCUT2D eigenvalue weighted by molar-refractivity contribution is -0.115. The lowest BCUT2D eigenvalue weighted by Crippen LogP contribution is -2.63. The molecule has 0 bridgehead atoms. The minimum Gasteiger partial charge on any atom is -0.386 e. The molecule has 86 valence electrons. The Labute approximate surface area is 91.4 Å². The van der Waals surface area contributed by atoms with Crippen LogP contribution in [0.2, 0.25) is 0 Å². The molecule has 3 heteroatoms. The summed E-state index contributed by atoms with van der Waals surface area (Å²) in [5, 5.41) is 10.4. The third-order valence-corrected chi connectivity index (χ3v) is 4.69. The Morgan fingerprint density at radius 3 is 2.53 bits per heavy atom. The zero-order valence-corrected chi connectivity index (χ0v) is 9.54. The van der Waals surface area contributed by atoms with Gasteiger partial charge in [0.05, 0.1) is 6.10 Å². The van der Waals surface area contributed by atoms with E-state index in [1.54, 1.807) is 0 Å². The quantitative estimate of drug-likeness (QED) is 0.740. The first-order chi connectivity index (χ1) is 7.12. The highest BCUT2D eigenvalue weighted by Gasteiger charge is 2.50. The number of hydrogen-bond acceptors (Lipinski definition) is 3. The number of ether oxygens (including phenoxy) is 1. The number of rotatable bonds is 2. The van der Waals surface area contributed by atoms with Crippen LogP contribution in [0.5, 0.6) is 0 Å². The van der Waals surface area contributed by atoms with Crippen LogP contribution in [-0.4, -0.2) is 48.0 Å². The molecule has 0 aromatic rings. The van der Waals surface area contributed by atoms with Gasteiger partial charge < -0.3 is 9.84 Å². The summed E-state index contributed by atoms with van der Waals surface area (Å²) in [4.78, 5) is 2.41. The fourth-order valence-corrected chi connectivity index (χ4v) is 3.37. The van der Waals surface area contributed by atoms with E-state index >= 15 is 0 Å². The summed E-state index contributed by atoms with van der Waals surface area (Å²) in [5.41, 5.74) is 0.0877. The van der Waals surface area contributed by atoms with E-state index in [4.69, 9.17) is 4.74 Å². The molecule has 2 atom stereocenters. The van der Waals surface area contributed by atoms with Crippen LogP contribution in [0.4, 0.5) is 0 Å². The lowest BCUT2D eigenvalue weighted by atomic mass is 9.63. The molecule has 0 aromatic heterocycles. The molecule has 3 fully saturated rings. The van der Waals surface area contributed by atoms with Crippen LogP contribution in [0.15, 0.2) is 0 Å². The molecule has 3 rings (SSSR count). The molecule has 1 spiro atoms. The van der Waals surface area contributed by atoms with Gasteiger partial charge in [0.15, 0.2) is 0 Å². The van der Waals surface area contributed by atoms with Crippen molar-refractivity contribution in [2.75, 3.05) is 26.2 Å². The molecule has 1 aliphatic carbocycles. The van der Waals surface area contributed by atoms with E-state index in [1.165, 1.54) is 32.4 Å². The van der Waals surface area contributed by atoms with Gasteiger partial charge in [-0.25, -0.2) is 0 Å². The maximum Gasteiger partial charge on any atom is 0.105 e. The van der Waals surface area contributed by atoms with Gasteiger partial charge in [-0.2, -0.15) is 0 Å². The first-order valence-electron chi connectivity index (χ1n) is 6.18. The van der Waals surface area contributed by atoms with Gasteiger partial charge in [-0.1, -0.05) is 6.42 Å². The van der Waals surface area contributed by atoms with Crippen molar-refractivity contribution in [3.05, 3.63) is 0 Å². The largest absolute Gasteiger partial charge is 0.386 e. The second-order valence-electron chi connectivity index (χ2n) is 5.87. The predicted molar refractivity (Wildman–Crippen MR) is 57.7 cm³/mol. The summed E-state index contributed by atoms with van der Waals surface area (Å²) in [6.45, 7) is 5.95. The third kappa shape index (κ3) is 1.52. The van der Waals surface area contributed by atoms with Crippen molar-refractivity contribution in [1.82, 2.24) is 4.90 Å². The Hall–Kier alpha value is -0.120. The normalized spacial score (nSPS) is 44.0. The molecule has 3 nitrogen and oxygen atoms in total. The van der Waals surface area contributed by atoms with Crippen molar-refractivity contribution in [2.24, 2.45) is 5.41 Å². The molecule has 15 heavy (non-hydrogen) atoms. The van der Waals surface area contributed by atoms with Crippen LogP contribution < -0.4 is 0 Å². The summed E-state index contributed by atoms with van der Waals surface area (Å²) in [6.07, 6.45) is 5.05. The maximum atomic E-state index is 10.4. The zero-order chi connectivity index (χ0) is 10.5. The molecule has 1 N–H and O–H groups in total. The van der Waals surface area contributed by atoms with E-state index in [0.29, 0.717) is 5.41 Å². The van der Waals surface area contributed by atoms with Crippen LogP contribution in [0.3, 0.4) is 0 Å². The number of β-amino-alcohol motifs (C(OH)–C–C–N with tert-alkyl or cyclic N) is 1. The standard InChI is InChI=1S/C12H21NO2/c1-10-12(14,5-6-15-10)9-13-7-11(8-13)3-2-4-11/h10,14H,2-9H2,1H3. The molecule has 1 saturated carbocycles. The Morgan fingerprint density at radius 2 is 2.07 bits per heavy atom. The van der Waals surface area contributed by atoms with Crippen molar-refractivity contribution in [3.63, 3.8) is 0 Å². The van der Waals surface area contributed by atoms with Crippen LogP contribution in [0.25, 0.3) is 0 Å². The molecule has 0 amide bonds. The molecule has 0 aromatic carbocycles. The fraction of sp³-hybridized carbons (Fsp3) is 1.00. The summed E-state index contributed by atoms with van der Waals surface area (Å²) >= 11 is 0. The van der Waals surface area contributed by atoms with Gasteiger partial charge in [0.1, 0.15) is 5.60 Å². The molecule has 2 unspecified atom stereocenters. The molecular weight excluding hydrogens is 190 g/mol. The summed E-state index contributed by atoms with van der Waals surface area (Å²) < 4.78 is 5.45. The summed E-state index contributed by atoms with van der Waals surface area (Å²) in [7, 11) is 0. The maximum absolute atomic E-state index is 10.4. The van der Waals surface area contributed by atoms with E-state index in [9.17, 15) is 5.11 Å². The SMILES string of the molecule is CC1OCCC1(O)CN1CC2(CCC2)C1. The molecular formula is C12H21NO2. The minimum absolute atomic E-state index is 0.00967. The number of aliphatic hydroxyl groups is 1. The highest BCUT2D eigenvalue weighted by Crippen LogP contribution is 2.48. The highest BCUT2D eigenvalue weighted by molar-refractivity contribution is 5.03. The summed E-state index contributed by atoms with van der Waals surface area (Å²) in [5.74, 6) is 0. The first kappa shape index (κ1) is 10.1. The number of hydrogen-bond donors (Lipinski definition) is 1. The molecule has 0 radical (unpaired) electrons. The highest BCUT2D eigenvalue weighted by atomic mass is 16.5. The minimum atomic E-state index is -0.578. The van der Waals surface area contributed by atoms with E-state index in [-0.39, 0.29) is 6.10 Å². The van der Waals surface area contributed by atoms with Crippen molar-refractivity contribution in [2.45, 2.75) is 44.3 Å². The first-order valence-corrected chi connectivity index (χ1v) is 6.18. The average molecular weight is 211 g/mol. The lowest BCUT2D eigenvalue weighted by Gasteiger charge is -2.57. The fourth-order valence-electron chi connectivity index (χ4n) is 3.37. The molecule has 2 saturated heterocycles. The predicted octanol–water partition coefficient (Wildman–Crippen LogP) is 1.01. The molecule has 2 aliphatic heterocycles. The van der Waals surface area contributed by atoms with Crippen molar-refractivity contribution in [3.8, 4) is 0 Å². The van der Waals surface area contributed by atoms with Crippen LogP contribution >= 0.6 is 0 Å². The van der Waals surface area contributed by atoms with Gasteiger partial charge in [-0.15, -0.1) is 0 Å². The van der Waals surface area contributed by atoms with Gasteiger partial charge in [0.2, 0.25) is 0 Å². The smallest absolute Gasteiger partial charge is 0.105 e. The Kier molecular flexibility index (Phi) is 2.14. The van der Waals surface area contributed by atoms with Gasteiger partial charge in [0.25, 0.3) is 0 Å². The molecule has 2 heterocycles. The van der Waals surface area contributed by atoms with Crippen LogP contribution in [0, 0.1) is 5.41 Å². The number of nitrogens with zero attached hydrogens (tertiary/aromatic N) is 1. The van der Waals surface area contributed by atoms with Crippen LogP contribution in [0.1, 0.15) is 32.6 Å². The Morgan fingerprint density at radius 1 is 1.33 bits per heavy atom. The van der Waals surface area contributed by atoms with E-state index in [2.05, 4.69) is 4.90 Å². The van der Waals surface area contributed by atoms with Gasteiger partial charge in [-0.3, -0.25) is 4.90 Å².